The van der Waals surface area contributed by atoms with Crippen LogP contribution in [0.25, 0.3) is 11.1 Å². The van der Waals surface area contributed by atoms with E-state index in [4.69, 9.17) is 4.42 Å². The Hall–Kier alpha value is -2.08. The molecule has 1 heterocycles. The number of oxazole rings is 1. The molecule has 1 saturated carbocycles. The Labute approximate surface area is 109 Å². The Bertz CT molecular complexity index is 709. The molecule has 19 heavy (non-hydrogen) atoms. The Morgan fingerprint density at radius 2 is 2.16 bits per heavy atom. The number of benzene rings is 1. The summed E-state index contributed by atoms with van der Waals surface area (Å²) in [6.07, 6.45) is 1.63. The number of hydrogen-bond donors (Lipinski definition) is 2. The van der Waals surface area contributed by atoms with Crippen LogP contribution in [0.2, 0.25) is 0 Å². The largest absolute Gasteiger partial charge is 0.419 e. The van der Waals surface area contributed by atoms with E-state index in [0.717, 1.165) is 18.4 Å². The maximum Gasteiger partial charge on any atom is 0.419 e. The van der Waals surface area contributed by atoms with Crippen molar-refractivity contribution in [2.45, 2.75) is 18.3 Å². The van der Waals surface area contributed by atoms with Gasteiger partial charge in [0.05, 0.1) is 10.9 Å². The highest BCUT2D eigenvalue weighted by Crippen LogP contribution is 2.48. The molecule has 1 aliphatic rings. The topological polar surface area (TPSA) is 76.3 Å². The van der Waals surface area contributed by atoms with Gasteiger partial charge in [-0.15, -0.1) is 0 Å². The van der Waals surface area contributed by atoms with Gasteiger partial charge in [0.15, 0.2) is 5.58 Å². The summed E-state index contributed by atoms with van der Waals surface area (Å²) >= 11 is 0. The van der Waals surface area contributed by atoms with Crippen LogP contribution in [0.1, 0.15) is 18.4 Å². The van der Waals surface area contributed by atoms with E-state index in [0.29, 0.717) is 11.1 Å². The minimum atomic E-state index is -0.468. The summed E-state index contributed by atoms with van der Waals surface area (Å²) in [4.78, 5) is 23.5. The van der Waals surface area contributed by atoms with E-state index in [1.54, 1.807) is 20.2 Å². The molecule has 0 atom stereocenters. The Kier molecular flexibility index (Phi) is 2.50. The van der Waals surface area contributed by atoms with Gasteiger partial charge in [0.1, 0.15) is 0 Å². The molecule has 1 fully saturated rings. The van der Waals surface area contributed by atoms with Gasteiger partial charge in [-0.2, -0.15) is 0 Å². The second kappa shape index (κ2) is 3.96. The molecule has 1 aliphatic carbocycles. The fourth-order valence-corrected chi connectivity index (χ4v) is 2.43. The molecule has 0 saturated heterocycles. The standard InChI is InChI=1S/C13H15N3O3/c1-14-15-11(17)13(5-6-13)8-3-4-10-9(7-8)16(2)12(18)19-10/h3-4,7,14H,5-6H2,1-2H3,(H,15,17). The number of aromatic nitrogens is 1. The minimum absolute atomic E-state index is 0.0390. The molecule has 0 aliphatic heterocycles. The Balaban J connectivity index is 2.09. The maximum absolute atomic E-state index is 12.1. The van der Waals surface area contributed by atoms with E-state index in [1.807, 2.05) is 12.1 Å². The van der Waals surface area contributed by atoms with Crippen molar-refractivity contribution in [1.82, 2.24) is 15.4 Å². The molecule has 0 radical (unpaired) electrons. The summed E-state index contributed by atoms with van der Waals surface area (Å²) < 4.78 is 6.54. The van der Waals surface area contributed by atoms with Crippen molar-refractivity contribution < 1.29 is 9.21 Å². The van der Waals surface area contributed by atoms with Crippen molar-refractivity contribution in [3.8, 4) is 0 Å². The molecule has 1 aromatic heterocycles. The zero-order valence-electron chi connectivity index (χ0n) is 10.8. The Morgan fingerprint density at radius 1 is 1.42 bits per heavy atom. The number of hydrazine groups is 1. The molecular weight excluding hydrogens is 246 g/mol. The SMILES string of the molecule is CNNC(=O)C1(c2ccc3oc(=O)n(C)c3c2)CC1. The number of rotatable bonds is 3. The lowest BCUT2D eigenvalue weighted by molar-refractivity contribution is -0.124. The fourth-order valence-electron chi connectivity index (χ4n) is 2.43. The van der Waals surface area contributed by atoms with E-state index < -0.39 is 11.2 Å². The minimum Gasteiger partial charge on any atom is -0.408 e. The molecule has 6 nitrogen and oxygen atoms in total. The zero-order valence-corrected chi connectivity index (χ0v) is 10.8. The number of carbonyl (C=O) groups is 1. The van der Waals surface area contributed by atoms with Crippen LogP contribution in [0, 0.1) is 0 Å². The molecule has 0 bridgehead atoms. The molecule has 3 rings (SSSR count). The molecule has 2 N–H and O–H groups in total. The van der Waals surface area contributed by atoms with Gasteiger partial charge in [-0.05, 0) is 30.5 Å². The van der Waals surface area contributed by atoms with E-state index in [9.17, 15) is 9.59 Å². The van der Waals surface area contributed by atoms with Crippen LogP contribution in [0.3, 0.4) is 0 Å². The van der Waals surface area contributed by atoms with Crippen LogP contribution in [-0.4, -0.2) is 17.5 Å². The van der Waals surface area contributed by atoms with Crippen molar-refractivity contribution in [3.05, 3.63) is 34.3 Å². The average molecular weight is 261 g/mol. The molecule has 1 amide bonds. The second-order valence-corrected chi connectivity index (χ2v) is 4.90. The third-order valence-corrected chi connectivity index (χ3v) is 3.77. The number of nitrogens with one attached hydrogen (secondary N) is 2. The van der Waals surface area contributed by atoms with Gasteiger partial charge in [-0.3, -0.25) is 14.8 Å². The van der Waals surface area contributed by atoms with Crippen LogP contribution < -0.4 is 16.6 Å². The van der Waals surface area contributed by atoms with E-state index >= 15 is 0 Å². The van der Waals surface area contributed by atoms with Crippen LogP contribution >= 0.6 is 0 Å². The molecule has 0 unspecified atom stereocenters. The average Bonchev–Trinajstić information content (AvgIpc) is 3.15. The summed E-state index contributed by atoms with van der Waals surface area (Å²) in [6, 6.07) is 5.47. The molecule has 2 aromatic rings. The highest BCUT2D eigenvalue weighted by Gasteiger charge is 2.51. The normalized spacial score (nSPS) is 16.5. The summed E-state index contributed by atoms with van der Waals surface area (Å²) in [6.45, 7) is 0. The van der Waals surface area contributed by atoms with Crippen molar-refractivity contribution in [1.29, 1.82) is 0 Å². The van der Waals surface area contributed by atoms with Crippen LogP contribution in [0.4, 0.5) is 0 Å². The molecule has 1 aromatic carbocycles. The van der Waals surface area contributed by atoms with E-state index in [-0.39, 0.29) is 5.91 Å². The third-order valence-electron chi connectivity index (χ3n) is 3.77. The summed E-state index contributed by atoms with van der Waals surface area (Å²) in [5.74, 6) is -0.431. The fraction of sp³-hybridized carbons (Fsp3) is 0.385. The summed E-state index contributed by atoms with van der Waals surface area (Å²) in [5.41, 5.74) is 7.01. The van der Waals surface area contributed by atoms with Gasteiger partial charge in [0.2, 0.25) is 5.91 Å². The predicted molar refractivity (Wildman–Crippen MR) is 69.6 cm³/mol. The molecule has 100 valence electrons. The number of fused-ring (bicyclic) bond motifs is 1. The molecule has 6 heteroatoms. The first-order valence-electron chi connectivity index (χ1n) is 6.16. The monoisotopic (exact) mass is 261 g/mol. The molecule has 0 spiro atoms. The van der Waals surface area contributed by atoms with E-state index in [1.165, 1.54) is 4.57 Å². The lowest BCUT2D eigenvalue weighted by Gasteiger charge is -2.15. The first-order valence-corrected chi connectivity index (χ1v) is 6.16. The number of hydrogen-bond acceptors (Lipinski definition) is 4. The third kappa shape index (κ3) is 1.67. The quantitative estimate of drug-likeness (QED) is 0.785. The van der Waals surface area contributed by atoms with Crippen LogP contribution in [0.5, 0.6) is 0 Å². The van der Waals surface area contributed by atoms with Crippen molar-refractivity contribution >= 4 is 17.0 Å². The van der Waals surface area contributed by atoms with Crippen LogP contribution in [-0.2, 0) is 17.3 Å². The highest BCUT2D eigenvalue weighted by molar-refractivity contribution is 5.92. The second-order valence-electron chi connectivity index (χ2n) is 4.90. The van der Waals surface area contributed by atoms with Gasteiger partial charge < -0.3 is 4.42 Å². The lowest BCUT2D eigenvalue weighted by Crippen LogP contribution is -2.41. The smallest absolute Gasteiger partial charge is 0.408 e. The number of nitrogens with zero attached hydrogens (tertiary/aromatic N) is 1. The summed E-state index contributed by atoms with van der Waals surface area (Å²) in [5, 5.41) is 0. The van der Waals surface area contributed by atoms with Gasteiger partial charge >= 0.3 is 5.76 Å². The highest BCUT2D eigenvalue weighted by atomic mass is 16.4. The zero-order chi connectivity index (χ0) is 13.6. The number of carbonyl (C=O) groups excluding carboxylic acids is 1. The predicted octanol–water partition coefficient (Wildman–Crippen LogP) is 0.414. The first kappa shape index (κ1) is 12.0. The van der Waals surface area contributed by atoms with Crippen molar-refractivity contribution in [2.24, 2.45) is 7.05 Å². The van der Waals surface area contributed by atoms with Crippen molar-refractivity contribution in [3.63, 3.8) is 0 Å². The number of amides is 1. The van der Waals surface area contributed by atoms with E-state index in [2.05, 4.69) is 10.9 Å². The van der Waals surface area contributed by atoms with Crippen LogP contribution in [0.15, 0.2) is 27.4 Å². The first-order chi connectivity index (χ1) is 9.08. The number of aryl methyl sites for hydroxylation is 1. The van der Waals surface area contributed by atoms with Gasteiger partial charge in [-0.1, -0.05) is 6.07 Å². The Morgan fingerprint density at radius 3 is 2.79 bits per heavy atom. The van der Waals surface area contributed by atoms with Crippen molar-refractivity contribution in [2.75, 3.05) is 7.05 Å². The van der Waals surface area contributed by atoms with Gasteiger partial charge in [-0.25, -0.2) is 10.2 Å². The molecular formula is C13H15N3O3. The van der Waals surface area contributed by atoms with Gasteiger partial charge in [0.25, 0.3) is 0 Å². The lowest BCUT2D eigenvalue weighted by atomic mass is 9.95. The maximum atomic E-state index is 12.1. The summed E-state index contributed by atoms with van der Waals surface area (Å²) in [7, 11) is 3.32. The van der Waals surface area contributed by atoms with Gasteiger partial charge in [0, 0.05) is 14.1 Å².